The Morgan fingerprint density at radius 2 is 1.31 bits per heavy atom. The van der Waals surface area contributed by atoms with Gasteiger partial charge in [0.15, 0.2) is 11.6 Å². The van der Waals surface area contributed by atoms with E-state index in [2.05, 4.69) is 19.1 Å². The first kappa shape index (κ1) is 27.1. The predicted molar refractivity (Wildman–Crippen MR) is 146 cm³/mol. The normalized spacial score (nSPS) is 24.6. The summed E-state index contributed by atoms with van der Waals surface area (Å²) in [5.74, 6) is 2.10. The van der Waals surface area contributed by atoms with Gasteiger partial charge in [-0.3, -0.25) is 0 Å². The molecule has 4 rings (SSSR count). The minimum absolute atomic E-state index is 0.000200. The fourth-order valence-electron chi connectivity index (χ4n) is 6.72. The molecule has 0 N–H and O–H groups in total. The summed E-state index contributed by atoms with van der Waals surface area (Å²) in [5.41, 5.74) is 2.30. The fraction of sp³-hybridized carbons (Fsp3) is 0.636. The van der Waals surface area contributed by atoms with Gasteiger partial charge in [0.1, 0.15) is 0 Å². The van der Waals surface area contributed by atoms with E-state index in [1.807, 2.05) is 19.1 Å². The molecule has 0 spiro atoms. The number of aryl methyl sites for hydroxylation is 1. The van der Waals surface area contributed by atoms with Crippen LogP contribution in [0.15, 0.2) is 36.4 Å². The van der Waals surface area contributed by atoms with Gasteiger partial charge in [0.2, 0.25) is 5.82 Å². The van der Waals surface area contributed by atoms with E-state index in [1.54, 1.807) is 12.1 Å². The summed E-state index contributed by atoms with van der Waals surface area (Å²) in [6.45, 7) is 4.77. The van der Waals surface area contributed by atoms with Gasteiger partial charge in [0.05, 0.1) is 6.61 Å². The molecular formula is C33H46F2O. The molecular weight excluding hydrogens is 450 g/mol. The van der Waals surface area contributed by atoms with Gasteiger partial charge < -0.3 is 4.74 Å². The molecule has 0 heterocycles. The summed E-state index contributed by atoms with van der Waals surface area (Å²) >= 11 is 0. The maximum absolute atomic E-state index is 14.7. The molecule has 1 nitrogen and oxygen atoms in total. The quantitative estimate of drug-likeness (QED) is 0.281. The summed E-state index contributed by atoms with van der Waals surface area (Å²) in [4.78, 5) is 0. The topological polar surface area (TPSA) is 9.23 Å². The minimum atomic E-state index is -0.891. The zero-order valence-electron chi connectivity index (χ0n) is 22.5. The van der Waals surface area contributed by atoms with Gasteiger partial charge >= 0.3 is 0 Å². The molecule has 0 radical (unpaired) electrons. The van der Waals surface area contributed by atoms with Crippen molar-refractivity contribution >= 4 is 0 Å². The van der Waals surface area contributed by atoms with Crippen molar-refractivity contribution in [2.45, 2.75) is 104 Å². The molecule has 2 saturated carbocycles. The van der Waals surface area contributed by atoms with E-state index in [9.17, 15) is 8.78 Å². The first-order chi connectivity index (χ1) is 17.6. The van der Waals surface area contributed by atoms with Crippen molar-refractivity contribution < 1.29 is 13.5 Å². The smallest absolute Gasteiger partial charge is 0.201 e. The van der Waals surface area contributed by atoms with Crippen molar-refractivity contribution in [2.75, 3.05) is 6.61 Å². The van der Waals surface area contributed by atoms with Crippen LogP contribution in [0.25, 0.3) is 11.1 Å². The Morgan fingerprint density at radius 3 is 1.89 bits per heavy atom. The lowest BCUT2D eigenvalue weighted by molar-refractivity contribution is 0.141. The third kappa shape index (κ3) is 7.11. The molecule has 2 aromatic carbocycles. The average Bonchev–Trinajstić information content (AvgIpc) is 2.91. The number of halogens is 2. The molecule has 0 aliphatic heterocycles. The number of hydrogen-bond donors (Lipinski definition) is 0. The molecule has 0 saturated heterocycles. The average molecular weight is 497 g/mol. The van der Waals surface area contributed by atoms with Crippen LogP contribution in [0.2, 0.25) is 0 Å². The van der Waals surface area contributed by atoms with E-state index in [1.165, 1.54) is 76.2 Å². The summed E-state index contributed by atoms with van der Waals surface area (Å²) < 4.78 is 34.6. The number of ether oxygens (including phenoxy) is 1. The Labute approximate surface area is 218 Å². The van der Waals surface area contributed by atoms with Gasteiger partial charge in [-0.2, -0.15) is 4.39 Å². The van der Waals surface area contributed by atoms with Crippen LogP contribution in [-0.2, 0) is 6.42 Å². The van der Waals surface area contributed by atoms with Crippen molar-refractivity contribution in [1.82, 2.24) is 0 Å². The highest BCUT2D eigenvalue weighted by atomic mass is 19.2. The highest BCUT2D eigenvalue weighted by Crippen LogP contribution is 2.43. The third-order valence-corrected chi connectivity index (χ3v) is 9.05. The molecule has 2 aliphatic rings. The van der Waals surface area contributed by atoms with Crippen LogP contribution in [0, 0.1) is 35.3 Å². The van der Waals surface area contributed by atoms with Crippen LogP contribution in [0.1, 0.15) is 103 Å². The standard InChI is InChI=1S/C33H46F2O/c1-3-5-23-36-31-22-21-30(32(34)33(31)35)29-19-13-26(14-20-29)8-7-25-11-17-28(18-12-25)27-15-9-24(6-4-2)10-16-27/h13-14,19-22,24-25,27-28H,3-12,15-18,23H2,1-2H3. The van der Waals surface area contributed by atoms with E-state index in [-0.39, 0.29) is 5.75 Å². The van der Waals surface area contributed by atoms with Gasteiger partial charge in [0, 0.05) is 5.56 Å². The zero-order chi connectivity index (χ0) is 25.3. The van der Waals surface area contributed by atoms with Crippen molar-refractivity contribution in [3.8, 4) is 16.9 Å². The van der Waals surface area contributed by atoms with E-state index in [0.717, 1.165) is 42.9 Å². The monoisotopic (exact) mass is 496 g/mol. The molecule has 2 aromatic rings. The largest absolute Gasteiger partial charge is 0.490 e. The van der Waals surface area contributed by atoms with Gasteiger partial charge in [-0.15, -0.1) is 0 Å². The van der Waals surface area contributed by atoms with Crippen molar-refractivity contribution in [2.24, 2.45) is 23.7 Å². The number of rotatable bonds is 11. The molecule has 0 aromatic heterocycles. The molecule has 0 unspecified atom stereocenters. The second-order valence-electron chi connectivity index (χ2n) is 11.5. The van der Waals surface area contributed by atoms with Gasteiger partial charge in [-0.1, -0.05) is 83.1 Å². The Balaban J connectivity index is 1.23. The SMILES string of the molecule is CCCCOc1ccc(-c2ccc(CCC3CCC(C4CCC(CCC)CC4)CC3)cc2)c(F)c1F. The summed E-state index contributed by atoms with van der Waals surface area (Å²) in [5, 5.41) is 0. The van der Waals surface area contributed by atoms with Crippen LogP contribution >= 0.6 is 0 Å². The third-order valence-electron chi connectivity index (χ3n) is 9.05. The minimum Gasteiger partial charge on any atom is -0.490 e. The number of unbranched alkanes of at least 4 members (excludes halogenated alkanes) is 1. The van der Waals surface area contributed by atoms with Gasteiger partial charge in [-0.25, -0.2) is 4.39 Å². The van der Waals surface area contributed by atoms with E-state index < -0.39 is 11.6 Å². The second kappa shape index (κ2) is 13.6. The fourth-order valence-corrected chi connectivity index (χ4v) is 6.72. The first-order valence-corrected chi connectivity index (χ1v) is 14.8. The number of hydrogen-bond acceptors (Lipinski definition) is 1. The second-order valence-corrected chi connectivity index (χ2v) is 11.5. The van der Waals surface area contributed by atoms with Gasteiger partial charge in [0.25, 0.3) is 0 Å². The molecule has 198 valence electrons. The van der Waals surface area contributed by atoms with Crippen molar-refractivity contribution in [3.05, 3.63) is 53.6 Å². The molecule has 0 bridgehead atoms. The van der Waals surface area contributed by atoms with Crippen LogP contribution in [0.5, 0.6) is 5.75 Å². The molecule has 2 fully saturated rings. The van der Waals surface area contributed by atoms with E-state index >= 15 is 0 Å². The Hall–Kier alpha value is -1.90. The lowest BCUT2D eigenvalue weighted by Gasteiger charge is -2.38. The predicted octanol–water partition coefficient (Wildman–Crippen LogP) is 10.2. The maximum atomic E-state index is 14.7. The number of benzene rings is 2. The summed E-state index contributed by atoms with van der Waals surface area (Å²) in [7, 11) is 0. The van der Waals surface area contributed by atoms with Crippen LogP contribution in [-0.4, -0.2) is 6.61 Å². The van der Waals surface area contributed by atoms with Crippen LogP contribution in [0.3, 0.4) is 0 Å². The summed E-state index contributed by atoms with van der Waals surface area (Å²) in [6, 6.07) is 11.2. The maximum Gasteiger partial charge on any atom is 0.201 e. The molecule has 36 heavy (non-hydrogen) atoms. The Bertz CT molecular complexity index is 921. The lowest BCUT2D eigenvalue weighted by atomic mass is 9.68. The van der Waals surface area contributed by atoms with Crippen LogP contribution < -0.4 is 4.74 Å². The van der Waals surface area contributed by atoms with Gasteiger partial charge in [-0.05, 0) is 91.9 Å². The van der Waals surface area contributed by atoms with E-state index in [0.29, 0.717) is 17.7 Å². The van der Waals surface area contributed by atoms with E-state index in [4.69, 9.17) is 4.74 Å². The first-order valence-electron chi connectivity index (χ1n) is 14.8. The molecule has 0 amide bonds. The molecule has 0 atom stereocenters. The summed E-state index contributed by atoms with van der Waals surface area (Å²) in [6.07, 6.45) is 18.4. The highest BCUT2D eigenvalue weighted by molar-refractivity contribution is 5.65. The molecule has 3 heteroatoms. The highest BCUT2D eigenvalue weighted by Gasteiger charge is 2.30. The Kier molecular flexibility index (Phi) is 10.2. The zero-order valence-corrected chi connectivity index (χ0v) is 22.5. The van der Waals surface area contributed by atoms with Crippen molar-refractivity contribution in [1.29, 1.82) is 0 Å². The van der Waals surface area contributed by atoms with Crippen molar-refractivity contribution in [3.63, 3.8) is 0 Å². The Morgan fingerprint density at radius 1 is 0.694 bits per heavy atom. The van der Waals surface area contributed by atoms with Crippen LogP contribution in [0.4, 0.5) is 8.78 Å². The lowest BCUT2D eigenvalue weighted by Crippen LogP contribution is -2.26. The molecule has 2 aliphatic carbocycles.